The van der Waals surface area contributed by atoms with Gasteiger partial charge in [-0.3, -0.25) is 19.1 Å². The number of allylic oxidation sites excluding steroid dienone is 1. The Morgan fingerprint density at radius 3 is 2.71 bits per heavy atom. The number of aromatic nitrogens is 5. The van der Waals surface area contributed by atoms with E-state index in [2.05, 4.69) is 24.9 Å². The van der Waals surface area contributed by atoms with E-state index in [-0.39, 0.29) is 29.0 Å². The van der Waals surface area contributed by atoms with Gasteiger partial charge in [0.15, 0.2) is 34.4 Å². The highest BCUT2D eigenvalue weighted by atomic mass is 32.1. The van der Waals surface area contributed by atoms with Gasteiger partial charge in [-0.05, 0) is 32.0 Å². The predicted octanol–water partition coefficient (Wildman–Crippen LogP) is 3.31. The summed E-state index contributed by atoms with van der Waals surface area (Å²) < 4.78 is 29.1. The highest BCUT2D eigenvalue weighted by Crippen LogP contribution is 2.31. The van der Waals surface area contributed by atoms with Crippen LogP contribution in [0, 0.1) is 5.82 Å². The Hall–Kier alpha value is -4.56. The molecule has 218 valence electrons. The highest BCUT2D eigenvalue weighted by molar-refractivity contribution is 7.17. The molecule has 0 saturated carbocycles. The third-order valence-corrected chi connectivity index (χ3v) is 8.03. The summed E-state index contributed by atoms with van der Waals surface area (Å²) in [6.45, 7) is 7.04. The van der Waals surface area contributed by atoms with E-state index in [4.69, 9.17) is 14.9 Å². The molecule has 1 aliphatic heterocycles. The first-order valence-electron chi connectivity index (χ1n) is 13.5. The van der Waals surface area contributed by atoms with Gasteiger partial charge in [0, 0.05) is 56.6 Å². The number of furan rings is 1. The number of anilines is 2. The summed E-state index contributed by atoms with van der Waals surface area (Å²) in [4.78, 5) is 37.7. The van der Waals surface area contributed by atoms with Gasteiger partial charge < -0.3 is 19.8 Å². The number of Topliss-reactive ketones (excluding diaryl/α,β-unsaturated/α-hetero) is 1. The number of piperazine rings is 1. The average Bonchev–Trinajstić information content (AvgIpc) is 3.72. The molecular formula is C28H29FN8O4S. The van der Waals surface area contributed by atoms with Crippen LogP contribution in [0.1, 0.15) is 19.4 Å². The normalized spacial score (nSPS) is 14.5. The molecule has 0 unspecified atom stereocenters. The van der Waals surface area contributed by atoms with E-state index in [1.165, 1.54) is 23.8 Å². The Kier molecular flexibility index (Phi) is 7.47. The minimum absolute atomic E-state index is 0.0597. The van der Waals surface area contributed by atoms with Crippen molar-refractivity contribution in [3.05, 3.63) is 57.7 Å². The second kappa shape index (κ2) is 11.4. The van der Waals surface area contributed by atoms with Gasteiger partial charge in [0.25, 0.3) is 0 Å². The zero-order valence-corrected chi connectivity index (χ0v) is 23.9. The Balaban J connectivity index is 1.17. The molecule has 1 aromatic carbocycles. The van der Waals surface area contributed by atoms with E-state index in [0.717, 1.165) is 35.7 Å². The first kappa shape index (κ1) is 27.6. The number of thiazole rings is 1. The summed E-state index contributed by atoms with van der Waals surface area (Å²) in [6.07, 6.45) is 5.26. The smallest absolute Gasteiger partial charge is 0.309 e. The minimum Gasteiger partial charge on any atom is -0.483 e. The maximum absolute atomic E-state index is 14.6. The molecule has 0 amide bonds. The number of nitrogen functional groups attached to an aromatic ring is 1. The summed E-state index contributed by atoms with van der Waals surface area (Å²) in [7, 11) is 0. The third kappa shape index (κ3) is 5.25. The second-order valence-electron chi connectivity index (χ2n) is 9.95. The Labute approximate surface area is 243 Å². The largest absolute Gasteiger partial charge is 0.483 e. The third-order valence-electron chi connectivity index (χ3n) is 7.07. The number of ketones is 1. The molecule has 1 aliphatic rings. The number of hydrogen-bond acceptors (Lipinski definition) is 11. The van der Waals surface area contributed by atoms with Crippen molar-refractivity contribution in [1.29, 1.82) is 0 Å². The lowest BCUT2D eigenvalue weighted by Gasteiger charge is -2.37. The molecule has 0 radical (unpaired) electrons. The summed E-state index contributed by atoms with van der Waals surface area (Å²) >= 11 is 1.06. The molecule has 12 nitrogen and oxygen atoms in total. The van der Waals surface area contributed by atoms with Crippen LogP contribution in [-0.4, -0.2) is 74.2 Å². The van der Waals surface area contributed by atoms with Crippen molar-refractivity contribution in [2.75, 3.05) is 50.0 Å². The lowest BCUT2D eigenvalue weighted by molar-refractivity contribution is -0.118. The molecule has 1 saturated heterocycles. The topological polar surface area (TPSA) is 137 Å². The Bertz CT molecular complexity index is 1850. The van der Waals surface area contributed by atoms with Gasteiger partial charge in [0.1, 0.15) is 11.3 Å². The molecule has 14 heteroatoms. The van der Waals surface area contributed by atoms with E-state index in [9.17, 15) is 14.0 Å². The fraction of sp³-hybridized carbons (Fsp3) is 0.321. The highest BCUT2D eigenvalue weighted by Gasteiger charge is 2.23. The molecule has 0 aliphatic carbocycles. The average molecular weight is 593 g/mol. The molecule has 6 rings (SSSR count). The van der Waals surface area contributed by atoms with Crippen LogP contribution < -0.4 is 20.2 Å². The lowest BCUT2D eigenvalue weighted by Crippen LogP contribution is -2.47. The van der Waals surface area contributed by atoms with Crippen LogP contribution in [0.2, 0.25) is 0 Å². The van der Waals surface area contributed by atoms with Gasteiger partial charge in [0.05, 0.1) is 6.26 Å². The van der Waals surface area contributed by atoms with Gasteiger partial charge in [-0.15, -0.1) is 5.10 Å². The van der Waals surface area contributed by atoms with E-state index >= 15 is 0 Å². The van der Waals surface area contributed by atoms with Crippen LogP contribution in [0.25, 0.3) is 33.7 Å². The maximum Gasteiger partial charge on any atom is 0.309 e. The zero-order valence-electron chi connectivity index (χ0n) is 23.1. The quantitative estimate of drug-likeness (QED) is 0.271. The molecule has 1 fully saturated rings. The van der Waals surface area contributed by atoms with Crippen LogP contribution in [0.4, 0.5) is 16.0 Å². The maximum atomic E-state index is 14.6. The van der Waals surface area contributed by atoms with Crippen molar-refractivity contribution < 1.29 is 18.3 Å². The van der Waals surface area contributed by atoms with Gasteiger partial charge in [0.2, 0.25) is 11.8 Å². The van der Waals surface area contributed by atoms with Gasteiger partial charge in [-0.25, -0.2) is 9.37 Å². The number of rotatable bonds is 9. The number of benzene rings is 1. The summed E-state index contributed by atoms with van der Waals surface area (Å²) in [5.41, 5.74) is 8.73. The number of carbonyl (C=O) groups is 1. The molecule has 42 heavy (non-hydrogen) atoms. The molecule has 0 bridgehead atoms. The standard InChI is InChI=1S/C28H29FN8O4S/c1-3-5-18-14-19(29)22(41-16-17(2)38)15-20(18)35-10-7-34(8-11-35)9-12-36-25-23(42-28(36)39)26-31-24(21-6-4-13-40-21)33-37(26)27(30)32-25/h3-6,13-15H,7-12,16H2,1-2H3,(H2,30,32)/b5-3+. The lowest BCUT2D eigenvalue weighted by atomic mass is 10.1. The van der Waals surface area contributed by atoms with Crippen LogP contribution >= 0.6 is 11.3 Å². The first-order valence-corrected chi connectivity index (χ1v) is 14.3. The molecule has 4 aromatic heterocycles. The summed E-state index contributed by atoms with van der Waals surface area (Å²) in [5.74, 6) is 0.366. The van der Waals surface area contributed by atoms with Crippen LogP contribution in [0.15, 0.2) is 45.8 Å². The fourth-order valence-corrected chi connectivity index (χ4v) is 5.96. The fourth-order valence-electron chi connectivity index (χ4n) is 5.02. The van der Waals surface area contributed by atoms with Crippen LogP contribution in [0.3, 0.4) is 0 Å². The zero-order chi connectivity index (χ0) is 29.4. The number of hydrogen-bond donors (Lipinski definition) is 1. The SMILES string of the molecule is C/C=C/c1cc(F)c(OCC(C)=O)cc1N1CCN(CCn2c(=O)sc3c2nc(N)n2nc(-c4ccco4)nc32)CC1. The molecule has 0 atom stereocenters. The van der Waals surface area contributed by atoms with Crippen molar-refractivity contribution >= 4 is 50.8 Å². The van der Waals surface area contributed by atoms with E-state index in [0.29, 0.717) is 53.8 Å². The molecular weight excluding hydrogens is 563 g/mol. The predicted molar refractivity (Wildman–Crippen MR) is 158 cm³/mol. The van der Waals surface area contributed by atoms with E-state index in [1.807, 2.05) is 19.1 Å². The van der Waals surface area contributed by atoms with Crippen molar-refractivity contribution in [3.8, 4) is 17.3 Å². The number of nitrogens with two attached hydrogens (primary N) is 1. The summed E-state index contributed by atoms with van der Waals surface area (Å²) in [5, 5.41) is 4.40. The van der Waals surface area contributed by atoms with E-state index in [1.54, 1.807) is 22.8 Å². The van der Waals surface area contributed by atoms with Gasteiger partial charge in [-0.2, -0.15) is 9.50 Å². The van der Waals surface area contributed by atoms with Crippen molar-refractivity contribution in [3.63, 3.8) is 0 Å². The summed E-state index contributed by atoms with van der Waals surface area (Å²) in [6, 6.07) is 6.60. The minimum atomic E-state index is -0.505. The van der Waals surface area contributed by atoms with E-state index < -0.39 is 5.82 Å². The second-order valence-corrected chi connectivity index (χ2v) is 10.9. The molecule has 5 heterocycles. The number of halogens is 1. The number of carbonyl (C=O) groups excluding carboxylic acids is 1. The van der Waals surface area contributed by atoms with Gasteiger partial charge in [-0.1, -0.05) is 23.5 Å². The van der Waals surface area contributed by atoms with Gasteiger partial charge >= 0.3 is 4.87 Å². The first-order chi connectivity index (χ1) is 20.3. The van der Waals surface area contributed by atoms with Crippen molar-refractivity contribution in [2.45, 2.75) is 20.4 Å². The van der Waals surface area contributed by atoms with Crippen molar-refractivity contribution in [1.82, 2.24) is 29.0 Å². The van der Waals surface area contributed by atoms with Crippen LogP contribution in [-0.2, 0) is 11.3 Å². The monoisotopic (exact) mass is 592 g/mol. The number of fused-ring (bicyclic) bond motifs is 3. The van der Waals surface area contributed by atoms with Crippen molar-refractivity contribution in [2.24, 2.45) is 0 Å². The molecule has 5 aromatic rings. The molecule has 2 N–H and O–H groups in total. The molecule has 0 spiro atoms. The Morgan fingerprint density at radius 2 is 2.00 bits per heavy atom. The Morgan fingerprint density at radius 1 is 1.19 bits per heavy atom. The van der Waals surface area contributed by atoms with Crippen LogP contribution in [0.5, 0.6) is 5.75 Å². The number of nitrogens with zero attached hydrogens (tertiary/aromatic N) is 7. The number of ether oxygens (including phenoxy) is 1.